The smallest absolute Gasteiger partial charge is 0.0491 e. The largest absolute Gasteiger partial charge is 0.396 e. The number of ether oxygens (including phenoxy) is 1. The molecule has 0 unspecified atom stereocenters. The first-order chi connectivity index (χ1) is 8.27. The Morgan fingerprint density at radius 1 is 1.35 bits per heavy atom. The third kappa shape index (κ3) is 6.85. The Kier molecular flexibility index (Phi) is 7.54. The summed E-state index contributed by atoms with van der Waals surface area (Å²) < 4.78 is 5.58. The molecule has 0 saturated heterocycles. The van der Waals surface area contributed by atoms with E-state index in [1.165, 1.54) is 32.1 Å². The van der Waals surface area contributed by atoms with Gasteiger partial charge in [-0.25, -0.2) is 0 Å². The first-order valence-electron chi connectivity index (χ1n) is 7.13. The van der Waals surface area contributed by atoms with Crippen molar-refractivity contribution < 1.29 is 9.84 Å². The Bertz CT molecular complexity index is 213. The number of aliphatic hydroxyl groups excluding tert-OH is 1. The third-order valence-corrected chi connectivity index (χ3v) is 3.54. The van der Waals surface area contributed by atoms with Crippen LogP contribution in [0, 0.1) is 17.8 Å². The van der Waals surface area contributed by atoms with E-state index in [4.69, 9.17) is 9.84 Å². The van der Waals surface area contributed by atoms with Crippen molar-refractivity contribution in [2.24, 2.45) is 17.8 Å². The molecule has 0 heterocycles. The average molecular weight is 240 g/mol. The van der Waals surface area contributed by atoms with E-state index in [2.05, 4.69) is 19.1 Å². The second-order valence-electron chi connectivity index (χ2n) is 5.33. The number of aliphatic hydroxyl groups is 1. The van der Waals surface area contributed by atoms with Gasteiger partial charge in [0, 0.05) is 19.8 Å². The highest BCUT2D eigenvalue weighted by atomic mass is 16.5. The summed E-state index contributed by atoms with van der Waals surface area (Å²) in [6, 6.07) is 0. The summed E-state index contributed by atoms with van der Waals surface area (Å²) >= 11 is 0. The van der Waals surface area contributed by atoms with Gasteiger partial charge in [0.15, 0.2) is 0 Å². The molecule has 1 fully saturated rings. The molecule has 0 spiro atoms. The summed E-state index contributed by atoms with van der Waals surface area (Å²) in [5.41, 5.74) is 0. The Morgan fingerprint density at radius 3 is 2.88 bits per heavy atom. The number of allylic oxidation sites excluding steroid dienone is 1. The van der Waals surface area contributed by atoms with Gasteiger partial charge in [-0.15, -0.1) is 0 Å². The van der Waals surface area contributed by atoms with Crippen molar-refractivity contribution in [3.63, 3.8) is 0 Å². The quantitative estimate of drug-likeness (QED) is 0.468. The Hall–Kier alpha value is -0.340. The van der Waals surface area contributed by atoms with E-state index >= 15 is 0 Å². The lowest BCUT2D eigenvalue weighted by atomic mass is 10.1. The molecule has 0 aromatic heterocycles. The fraction of sp³-hybridized carbons (Fsp3) is 0.867. The molecule has 0 aliphatic heterocycles. The van der Waals surface area contributed by atoms with Gasteiger partial charge >= 0.3 is 0 Å². The molecule has 2 heteroatoms. The number of rotatable bonds is 10. The minimum Gasteiger partial charge on any atom is -0.396 e. The van der Waals surface area contributed by atoms with Crippen LogP contribution >= 0.6 is 0 Å². The highest BCUT2D eigenvalue weighted by Crippen LogP contribution is 2.43. The summed E-state index contributed by atoms with van der Waals surface area (Å²) in [5.74, 6) is 2.09. The second-order valence-corrected chi connectivity index (χ2v) is 5.33. The van der Waals surface area contributed by atoms with Gasteiger partial charge in [0.05, 0.1) is 0 Å². The van der Waals surface area contributed by atoms with Crippen LogP contribution in [0.25, 0.3) is 0 Å². The molecule has 1 aliphatic rings. The molecule has 1 rings (SSSR count). The zero-order valence-electron chi connectivity index (χ0n) is 11.4. The third-order valence-electron chi connectivity index (χ3n) is 3.54. The van der Waals surface area contributed by atoms with Crippen LogP contribution in [0.15, 0.2) is 12.2 Å². The predicted molar refractivity (Wildman–Crippen MR) is 71.9 cm³/mol. The molecule has 0 aromatic rings. The maximum atomic E-state index is 8.89. The monoisotopic (exact) mass is 240 g/mol. The molecule has 1 N–H and O–H groups in total. The van der Waals surface area contributed by atoms with Gasteiger partial charge < -0.3 is 9.84 Å². The van der Waals surface area contributed by atoms with Crippen molar-refractivity contribution in [2.45, 2.75) is 46.0 Å². The lowest BCUT2D eigenvalue weighted by molar-refractivity contribution is 0.124. The van der Waals surface area contributed by atoms with E-state index in [0.29, 0.717) is 5.92 Å². The molecule has 0 amide bonds. The van der Waals surface area contributed by atoms with Gasteiger partial charge in [0.1, 0.15) is 0 Å². The van der Waals surface area contributed by atoms with Gasteiger partial charge in [-0.3, -0.25) is 0 Å². The first kappa shape index (κ1) is 14.7. The van der Waals surface area contributed by atoms with E-state index in [-0.39, 0.29) is 6.61 Å². The summed E-state index contributed by atoms with van der Waals surface area (Å²) in [5, 5.41) is 8.89. The Morgan fingerprint density at radius 2 is 2.18 bits per heavy atom. The second kappa shape index (κ2) is 8.71. The van der Waals surface area contributed by atoms with Crippen LogP contribution in [0.3, 0.4) is 0 Å². The van der Waals surface area contributed by atoms with Crippen LogP contribution in [0.5, 0.6) is 0 Å². The zero-order valence-corrected chi connectivity index (χ0v) is 11.4. The summed E-state index contributed by atoms with van der Waals surface area (Å²) in [4.78, 5) is 0. The Labute approximate surface area is 106 Å². The van der Waals surface area contributed by atoms with Crippen molar-refractivity contribution in [3.8, 4) is 0 Å². The molecule has 2 nitrogen and oxygen atoms in total. The van der Waals surface area contributed by atoms with Crippen molar-refractivity contribution >= 4 is 0 Å². The van der Waals surface area contributed by atoms with E-state index in [0.717, 1.165) is 25.0 Å². The van der Waals surface area contributed by atoms with Gasteiger partial charge in [0.25, 0.3) is 0 Å². The fourth-order valence-electron chi connectivity index (χ4n) is 2.08. The minimum atomic E-state index is 0.260. The van der Waals surface area contributed by atoms with Crippen molar-refractivity contribution in [3.05, 3.63) is 12.2 Å². The van der Waals surface area contributed by atoms with Crippen molar-refractivity contribution in [1.82, 2.24) is 0 Å². The number of hydrogen-bond acceptors (Lipinski definition) is 2. The fourth-order valence-corrected chi connectivity index (χ4v) is 2.08. The number of unbranched alkanes of at least 4 members (excludes halogenated alkanes) is 1. The lowest BCUT2D eigenvalue weighted by Gasteiger charge is -2.02. The molecule has 0 radical (unpaired) electrons. The molecule has 0 bridgehead atoms. The van der Waals surface area contributed by atoms with E-state index in [1.807, 2.05) is 6.92 Å². The maximum Gasteiger partial charge on any atom is 0.0491 e. The molecule has 1 saturated carbocycles. The van der Waals surface area contributed by atoms with Gasteiger partial charge in [-0.05, 0) is 43.4 Å². The highest BCUT2D eigenvalue weighted by Gasteiger charge is 2.34. The molecular weight excluding hydrogens is 212 g/mol. The topological polar surface area (TPSA) is 29.5 Å². The SMILES string of the molecule is CCCCOCC[C@@H]1C[C@H]1CC=C[C@H](C)CO. The molecule has 3 atom stereocenters. The van der Waals surface area contributed by atoms with Crippen LogP contribution in [0.2, 0.25) is 0 Å². The van der Waals surface area contributed by atoms with E-state index in [9.17, 15) is 0 Å². The normalized spacial score (nSPS) is 25.4. The van der Waals surface area contributed by atoms with Crippen LogP contribution in [0.4, 0.5) is 0 Å². The average Bonchev–Trinajstić information content (AvgIpc) is 3.07. The van der Waals surface area contributed by atoms with Crippen LogP contribution in [-0.4, -0.2) is 24.9 Å². The Balaban J connectivity index is 1.92. The van der Waals surface area contributed by atoms with Crippen LogP contribution in [-0.2, 0) is 4.74 Å². The van der Waals surface area contributed by atoms with Crippen molar-refractivity contribution in [1.29, 1.82) is 0 Å². The van der Waals surface area contributed by atoms with Crippen molar-refractivity contribution in [2.75, 3.05) is 19.8 Å². The molecule has 0 aromatic carbocycles. The maximum absolute atomic E-state index is 8.89. The summed E-state index contributed by atoms with van der Waals surface area (Å²) in [7, 11) is 0. The van der Waals surface area contributed by atoms with Gasteiger partial charge in [0.2, 0.25) is 0 Å². The molecular formula is C15H28O2. The standard InChI is InChI=1S/C15H28O2/c1-3-4-9-17-10-8-15-11-14(15)7-5-6-13(2)12-16/h5-6,13-16H,3-4,7-12H2,1-2H3/t13-,14+,15+/m0/s1. The molecule has 1 aliphatic carbocycles. The van der Waals surface area contributed by atoms with E-state index in [1.54, 1.807) is 0 Å². The predicted octanol–water partition coefficient (Wildman–Crippen LogP) is 3.40. The van der Waals surface area contributed by atoms with Gasteiger partial charge in [-0.1, -0.05) is 32.4 Å². The minimum absolute atomic E-state index is 0.260. The lowest BCUT2D eigenvalue weighted by Crippen LogP contribution is -1.98. The van der Waals surface area contributed by atoms with Crippen LogP contribution < -0.4 is 0 Å². The van der Waals surface area contributed by atoms with E-state index < -0.39 is 0 Å². The zero-order chi connectivity index (χ0) is 12.5. The van der Waals surface area contributed by atoms with Gasteiger partial charge in [-0.2, -0.15) is 0 Å². The summed E-state index contributed by atoms with van der Waals surface area (Å²) in [6.07, 6.45) is 10.6. The molecule has 100 valence electrons. The number of hydrogen-bond donors (Lipinski definition) is 1. The highest BCUT2D eigenvalue weighted by molar-refractivity contribution is 4.95. The first-order valence-corrected chi connectivity index (χ1v) is 7.13. The molecule has 17 heavy (non-hydrogen) atoms. The van der Waals surface area contributed by atoms with Crippen LogP contribution in [0.1, 0.15) is 46.0 Å². The summed E-state index contributed by atoms with van der Waals surface area (Å²) in [6.45, 7) is 6.37.